The molecule has 1 saturated carbocycles. The predicted octanol–water partition coefficient (Wildman–Crippen LogP) is 3.63. The largest absolute Gasteiger partial charge is 0.490 e. The number of carbonyl (C=O) groups excluding carboxylic acids is 1. The molecule has 1 N–H and O–H groups in total. The first-order valence-electron chi connectivity index (χ1n) is 12.2. The van der Waals surface area contributed by atoms with Crippen molar-refractivity contribution in [2.45, 2.75) is 63.7 Å². The van der Waals surface area contributed by atoms with Crippen molar-refractivity contribution in [2.24, 2.45) is 10.8 Å². The van der Waals surface area contributed by atoms with Gasteiger partial charge in [0.25, 0.3) is 0 Å². The fourth-order valence-electron chi connectivity index (χ4n) is 5.72. The molecule has 4 rings (SSSR count). The summed E-state index contributed by atoms with van der Waals surface area (Å²) in [5, 5.41) is 16.8. The summed E-state index contributed by atoms with van der Waals surface area (Å²) in [5.74, 6) is -2.67. The average molecular weight is 511 g/mol. The van der Waals surface area contributed by atoms with Crippen LogP contribution in [-0.4, -0.2) is 77.3 Å². The van der Waals surface area contributed by atoms with Gasteiger partial charge < -0.3 is 14.7 Å². The Kier molecular flexibility index (Phi) is 8.95. The number of nitrogens with zero attached hydrogens (tertiary/aromatic N) is 4. The quantitative estimate of drug-likeness (QED) is 0.645. The minimum absolute atomic E-state index is 0.0889. The summed E-state index contributed by atoms with van der Waals surface area (Å²) >= 11 is 0. The molecule has 2 saturated heterocycles. The first kappa shape index (κ1) is 27.9. The Hall–Kier alpha value is -2.71. The molecule has 1 atom stereocenters. The molecular formula is C25H33F3N4O4. The molecular weight excluding hydrogens is 477 g/mol. The van der Waals surface area contributed by atoms with E-state index in [0.717, 1.165) is 77.7 Å². The molecule has 1 aromatic heterocycles. The zero-order valence-corrected chi connectivity index (χ0v) is 20.5. The molecule has 0 bridgehead atoms. The summed E-state index contributed by atoms with van der Waals surface area (Å²) in [4.78, 5) is 30.8. The first-order chi connectivity index (χ1) is 17.0. The fraction of sp³-hybridized carbons (Fsp3) is 0.680. The van der Waals surface area contributed by atoms with Gasteiger partial charge in [-0.3, -0.25) is 14.7 Å². The number of rotatable bonds is 5. The lowest BCUT2D eigenvalue weighted by molar-refractivity contribution is -0.192. The summed E-state index contributed by atoms with van der Waals surface area (Å²) in [5.41, 5.74) is 0.735. The van der Waals surface area contributed by atoms with Crippen LogP contribution in [0.2, 0.25) is 0 Å². The molecule has 0 radical (unpaired) electrons. The molecule has 0 aromatic carbocycles. The number of carboxylic acid groups (broad SMARTS) is 1. The second kappa shape index (κ2) is 11.6. The van der Waals surface area contributed by atoms with Gasteiger partial charge in [0, 0.05) is 51.7 Å². The number of aromatic nitrogens is 1. The summed E-state index contributed by atoms with van der Waals surface area (Å²) in [6.07, 6.45) is 5.29. The number of carbonyl (C=O) groups is 2. The number of ether oxygens (including phenoxy) is 1. The second-order valence-electron chi connectivity index (χ2n) is 10.1. The molecule has 1 aromatic rings. The number of nitriles is 1. The van der Waals surface area contributed by atoms with Crippen LogP contribution in [0.5, 0.6) is 0 Å². The second-order valence-corrected chi connectivity index (χ2v) is 10.1. The van der Waals surface area contributed by atoms with E-state index in [0.29, 0.717) is 6.04 Å². The maximum absolute atomic E-state index is 13.1. The van der Waals surface area contributed by atoms with E-state index >= 15 is 0 Å². The number of likely N-dealkylation sites (tertiary alicyclic amines) is 2. The monoisotopic (exact) mass is 510 g/mol. The van der Waals surface area contributed by atoms with Crippen LogP contribution in [0, 0.1) is 22.2 Å². The van der Waals surface area contributed by atoms with Crippen molar-refractivity contribution < 1.29 is 32.6 Å². The normalized spacial score (nSPS) is 23.1. The lowest BCUT2D eigenvalue weighted by atomic mass is 9.75. The van der Waals surface area contributed by atoms with E-state index in [4.69, 9.17) is 14.6 Å². The Morgan fingerprint density at radius 1 is 1.25 bits per heavy atom. The topological polar surface area (TPSA) is 107 Å². The van der Waals surface area contributed by atoms with E-state index in [-0.39, 0.29) is 11.3 Å². The maximum Gasteiger partial charge on any atom is 0.490 e. The van der Waals surface area contributed by atoms with Crippen molar-refractivity contribution >= 4 is 11.9 Å². The van der Waals surface area contributed by atoms with Gasteiger partial charge in [0.05, 0.1) is 12.7 Å². The van der Waals surface area contributed by atoms with Gasteiger partial charge in [-0.05, 0) is 49.1 Å². The van der Waals surface area contributed by atoms with E-state index in [1.54, 1.807) is 7.11 Å². The third kappa shape index (κ3) is 6.53. The predicted molar refractivity (Wildman–Crippen MR) is 123 cm³/mol. The number of amides is 1. The van der Waals surface area contributed by atoms with Crippen molar-refractivity contribution in [1.29, 1.82) is 5.26 Å². The van der Waals surface area contributed by atoms with E-state index < -0.39 is 17.6 Å². The molecule has 198 valence electrons. The standard InChI is InChI=1S/C23H32N4O2.C2HF3O2/c1-29-16-20-13-22(18-27(20)15-19-5-4-10-25-14-19)8-11-26(12-9-22)21(28)23(17-24)6-2-3-7-23;3-2(4,5)1(6)7/h4-5,10,14,20H,2-3,6-9,11-13,15-16,18H2,1H3;(H,6,7). The Morgan fingerprint density at radius 3 is 2.39 bits per heavy atom. The third-order valence-electron chi connectivity index (χ3n) is 7.63. The minimum atomic E-state index is -5.08. The van der Waals surface area contributed by atoms with Crippen LogP contribution in [0.15, 0.2) is 24.5 Å². The zero-order chi connectivity index (χ0) is 26.4. The highest BCUT2D eigenvalue weighted by Crippen LogP contribution is 2.46. The fourth-order valence-corrected chi connectivity index (χ4v) is 5.72. The molecule has 1 spiro atoms. The molecule has 36 heavy (non-hydrogen) atoms. The van der Waals surface area contributed by atoms with E-state index in [1.165, 1.54) is 5.56 Å². The van der Waals surface area contributed by atoms with Crippen LogP contribution in [-0.2, 0) is 20.9 Å². The third-order valence-corrected chi connectivity index (χ3v) is 7.63. The van der Waals surface area contributed by atoms with Gasteiger partial charge in [0.1, 0.15) is 5.41 Å². The van der Waals surface area contributed by atoms with Gasteiger partial charge >= 0.3 is 12.1 Å². The lowest BCUT2D eigenvalue weighted by Crippen LogP contribution is -2.49. The first-order valence-corrected chi connectivity index (χ1v) is 12.2. The average Bonchev–Trinajstić information content (AvgIpc) is 3.46. The number of halogens is 3. The Balaban J connectivity index is 0.000000454. The summed E-state index contributed by atoms with van der Waals surface area (Å²) in [6.45, 7) is 4.23. The van der Waals surface area contributed by atoms with Crippen LogP contribution in [0.25, 0.3) is 0 Å². The van der Waals surface area contributed by atoms with Crippen LogP contribution in [0.1, 0.15) is 50.5 Å². The maximum atomic E-state index is 13.1. The SMILES string of the molecule is COCC1CC2(CCN(C(=O)C3(C#N)CCCC3)CC2)CN1Cc1cccnc1.O=C(O)C(F)(F)F. The molecule has 11 heteroatoms. The molecule has 3 heterocycles. The highest BCUT2D eigenvalue weighted by Gasteiger charge is 2.49. The molecule has 1 amide bonds. The Morgan fingerprint density at radius 2 is 1.89 bits per heavy atom. The van der Waals surface area contributed by atoms with Gasteiger partial charge in [0.2, 0.25) is 5.91 Å². The summed E-state index contributed by atoms with van der Waals surface area (Å²) in [7, 11) is 1.78. The molecule has 8 nitrogen and oxygen atoms in total. The number of hydrogen-bond donors (Lipinski definition) is 1. The van der Waals surface area contributed by atoms with Crippen LogP contribution >= 0.6 is 0 Å². The Bertz CT molecular complexity index is 937. The molecule has 3 fully saturated rings. The van der Waals surface area contributed by atoms with Crippen molar-refractivity contribution in [3.63, 3.8) is 0 Å². The van der Waals surface area contributed by atoms with Crippen molar-refractivity contribution in [3.05, 3.63) is 30.1 Å². The lowest BCUT2D eigenvalue weighted by Gasteiger charge is -2.41. The highest BCUT2D eigenvalue weighted by atomic mass is 19.4. The summed E-state index contributed by atoms with van der Waals surface area (Å²) < 4.78 is 37.3. The summed E-state index contributed by atoms with van der Waals surface area (Å²) in [6, 6.07) is 6.90. The minimum Gasteiger partial charge on any atom is -0.475 e. The number of methoxy groups -OCH3 is 1. The van der Waals surface area contributed by atoms with Gasteiger partial charge in [-0.1, -0.05) is 18.9 Å². The number of pyridine rings is 1. The van der Waals surface area contributed by atoms with E-state index in [2.05, 4.69) is 22.0 Å². The van der Waals surface area contributed by atoms with Crippen molar-refractivity contribution in [2.75, 3.05) is 33.4 Å². The van der Waals surface area contributed by atoms with Crippen molar-refractivity contribution in [3.8, 4) is 6.07 Å². The van der Waals surface area contributed by atoms with Crippen LogP contribution in [0.3, 0.4) is 0 Å². The number of hydrogen-bond acceptors (Lipinski definition) is 6. The van der Waals surface area contributed by atoms with Crippen molar-refractivity contribution in [1.82, 2.24) is 14.8 Å². The number of aliphatic carboxylic acids is 1. The van der Waals surface area contributed by atoms with E-state index in [1.807, 2.05) is 23.4 Å². The number of carboxylic acids is 1. The van der Waals surface area contributed by atoms with Crippen LogP contribution in [0.4, 0.5) is 13.2 Å². The van der Waals surface area contributed by atoms with Gasteiger partial charge in [-0.2, -0.15) is 18.4 Å². The van der Waals surface area contributed by atoms with Gasteiger partial charge in [-0.25, -0.2) is 4.79 Å². The van der Waals surface area contributed by atoms with Crippen LogP contribution < -0.4 is 0 Å². The number of alkyl halides is 3. The molecule has 2 aliphatic heterocycles. The van der Waals surface area contributed by atoms with E-state index in [9.17, 15) is 23.2 Å². The van der Waals surface area contributed by atoms with Gasteiger partial charge in [-0.15, -0.1) is 0 Å². The zero-order valence-electron chi connectivity index (χ0n) is 20.5. The highest BCUT2D eigenvalue weighted by molar-refractivity contribution is 5.86. The smallest absolute Gasteiger partial charge is 0.475 e. The molecule has 3 aliphatic rings. The number of piperidine rings is 1. The Labute approximate surface area is 209 Å². The molecule has 1 aliphatic carbocycles. The van der Waals surface area contributed by atoms with Gasteiger partial charge in [0.15, 0.2) is 0 Å². The molecule has 1 unspecified atom stereocenters.